The Labute approximate surface area is 193 Å². The van der Waals surface area contributed by atoms with Crippen LogP contribution >= 0.6 is 0 Å². The van der Waals surface area contributed by atoms with Crippen molar-refractivity contribution in [3.63, 3.8) is 0 Å². The molecule has 0 amide bonds. The summed E-state index contributed by atoms with van der Waals surface area (Å²) in [5, 5.41) is 13.5. The van der Waals surface area contributed by atoms with E-state index in [-0.39, 0.29) is 5.41 Å². The first-order valence-electron chi connectivity index (χ1n) is 11.0. The van der Waals surface area contributed by atoms with Gasteiger partial charge in [0.2, 0.25) is 0 Å². The Bertz CT molecular complexity index is 1300. The van der Waals surface area contributed by atoms with Gasteiger partial charge in [0, 0.05) is 35.6 Å². The molecule has 0 fully saturated rings. The van der Waals surface area contributed by atoms with Gasteiger partial charge in [-0.1, -0.05) is 32.9 Å². The van der Waals surface area contributed by atoms with Crippen molar-refractivity contribution in [2.24, 2.45) is 11.1 Å². The molecule has 5 rings (SSSR count). The molecule has 166 valence electrons. The van der Waals surface area contributed by atoms with Crippen molar-refractivity contribution in [2.75, 3.05) is 13.2 Å². The molecule has 3 heterocycles. The van der Waals surface area contributed by atoms with E-state index in [0.29, 0.717) is 36.0 Å². The van der Waals surface area contributed by atoms with Gasteiger partial charge in [0.05, 0.1) is 17.8 Å². The number of rotatable bonds is 3. The van der Waals surface area contributed by atoms with Crippen molar-refractivity contribution >= 4 is 0 Å². The number of fused-ring (bicyclic) bond motifs is 4. The summed E-state index contributed by atoms with van der Waals surface area (Å²) in [6.07, 6.45) is 5.59. The summed E-state index contributed by atoms with van der Waals surface area (Å²) in [5.41, 5.74) is 9.77. The number of nitrogens with one attached hydrogen (secondary N) is 1. The number of benzene rings is 2. The first-order chi connectivity index (χ1) is 15.8. The number of pyridine rings is 1. The van der Waals surface area contributed by atoms with Crippen LogP contribution in [-0.2, 0) is 5.41 Å². The number of aromatic nitrogens is 1. The molecule has 1 spiro atoms. The lowest BCUT2D eigenvalue weighted by Crippen LogP contribution is -2.35. The summed E-state index contributed by atoms with van der Waals surface area (Å²) in [5.74, 6) is 2.52. The van der Waals surface area contributed by atoms with Crippen LogP contribution in [0.2, 0.25) is 0 Å². The van der Waals surface area contributed by atoms with E-state index in [9.17, 15) is 5.26 Å². The number of ether oxygens (including phenoxy) is 2. The Hall–Kier alpha value is -3.98. The molecule has 2 aromatic carbocycles. The van der Waals surface area contributed by atoms with Crippen LogP contribution in [0.5, 0.6) is 17.2 Å². The summed E-state index contributed by atoms with van der Waals surface area (Å²) in [6, 6.07) is 16.1. The molecule has 1 aromatic heterocycles. The van der Waals surface area contributed by atoms with E-state index in [2.05, 4.69) is 43.2 Å². The largest absolute Gasteiger partial charge is 0.492 e. The van der Waals surface area contributed by atoms with Gasteiger partial charge in [-0.2, -0.15) is 5.26 Å². The summed E-state index contributed by atoms with van der Waals surface area (Å²) in [4.78, 5) is 4.25. The van der Waals surface area contributed by atoms with Crippen LogP contribution in [0.3, 0.4) is 0 Å². The van der Waals surface area contributed by atoms with Gasteiger partial charge in [0.15, 0.2) is 0 Å². The number of hydrogen-bond donors (Lipinski definition) is 2. The third kappa shape index (κ3) is 3.56. The highest BCUT2D eigenvalue weighted by Crippen LogP contribution is 2.53. The highest BCUT2D eigenvalue weighted by Gasteiger charge is 2.46. The summed E-state index contributed by atoms with van der Waals surface area (Å²) in [6.45, 7) is 7.32. The lowest BCUT2D eigenvalue weighted by molar-refractivity contribution is 0.197. The van der Waals surface area contributed by atoms with E-state index in [1.165, 1.54) is 0 Å². The smallest absolute Gasteiger partial charge is 0.137 e. The maximum absolute atomic E-state index is 10.2. The topological polar surface area (TPSA) is 93.2 Å². The van der Waals surface area contributed by atoms with Crippen LogP contribution in [0.1, 0.15) is 37.5 Å². The van der Waals surface area contributed by atoms with Gasteiger partial charge in [-0.15, -0.1) is 0 Å². The Morgan fingerprint density at radius 2 is 2.00 bits per heavy atom. The van der Waals surface area contributed by atoms with Gasteiger partial charge in [0.25, 0.3) is 0 Å². The van der Waals surface area contributed by atoms with Crippen molar-refractivity contribution in [1.82, 2.24) is 10.3 Å². The third-order valence-corrected chi connectivity index (χ3v) is 6.00. The summed E-state index contributed by atoms with van der Waals surface area (Å²) >= 11 is 0. The molecule has 0 saturated heterocycles. The minimum Gasteiger partial charge on any atom is -0.492 e. The second kappa shape index (κ2) is 7.56. The number of hydrogen-bond acceptors (Lipinski definition) is 6. The molecular weight excluding hydrogens is 412 g/mol. The first-order valence-corrected chi connectivity index (χ1v) is 11.0. The van der Waals surface area contributed by atoms with E-state index >= 15 is 0 Å². The average Bonchev–Trinajstić information content (AvgIpc) is 3.19. The van der Waals surface area contributed by atoms with E-state index < -0.39 is 5.41 Å². The van der Waals surface area contributed by atoms with Crippen molar-refractivity contribution in [1.29, 1.82) is 5.26 Å². The standard InChI is InChI=1S/C27H26N4O2/c1-26(2,3)16-32-21-8-9-23-25(19(21)13-28)27(12-24(29)31-15-27)20-11-17(6-7-22(20)33-23)18-5-4-10-30-14-18/h4-12,14,31H,15-16,29H2,1-3H3/t27-/m0/s1. The lowest BCUT2D eigenvalue weighted by atomic mass is 9.71. The molecule has 0 aliphatic carbocycles. The quantitative estimate of drug-likeness (QED) is 0.608. The minimum absolute atomic E-state index is 0.0404. The number of nitriles is 1. The second-order valence-electron chi connectivity index (χ2n) is 9.75. The normalized spacial score (nSPS) is 18.4. The molecule has 1 atom stereocenters. The zero-order chi connectivity index (χ0) is 23.2. The Morgan fingerprint density at radius 3 is 2.67 bits per heavy atom. The minimum atomic E-state index is -0.655. The summed E-state index contributed by atoms with van der Waals surface area (Å²) in [7, 11) is 0. The van der Waals surface area contributed by atoms with Crippen LogP contribution in [-0.4, -0.2) is 18.1 Å². The lowest BCUT2D eigenvalue weighted by Gasteiger charge is -2.37. The van der Waals surface area contributed by atoms with Crippen molar-refractivity contribution in [3.05, 3.63) is 83.4 Å². The van der Waals surface area contributed by atoms with Crippen LogP contribution in [0.15, 0.2) is 66.8 Å². The Morgan fingerprint density at radius 1 is 1.18 bits per heavy atom. The molecule has 33 heavy (non-hydrogen) atoms. The highest BCUT2D eigenvalue weighted by atomic mass is 16.5. The van der Waals surface area contributed by atoms with Gasteiger partial charge in [-0.25, -0.2) is 0 Å². The maximum atomic E-state index is 10.2. The van der Waals surface area contributed by atoms with Crippen LogP contribution in [0.25, 0.3) is 11.1 Å². The molecule has 0 unspecified atom stereocenters. The first kappa shape index (κ1) is 20.9. The third-order valence-electron chi connectivity index (χ3n) is 6.00. The average molecular weight is 439 g/mol. The fourth-order valence-electron chi connectivity index (χ4n) is 4.49. The van der Waals surface area contributed by atoms with Gasteiger partial charge in [-0.05, 0) is 47.4 Å². The Kier molecular flexibility index (Phi) is 4.79. The molecule has 0 radical (unpaired) electrons. The van der Waals surface area contributed by atoms with Gasteiger partial charge < -0.3 is 20.5 Å². The van der Waals surface area contributed by atoms with E-state index in [1.807, 2.05) is 48.7 Å². The van der Waals surface area contributed by atoms with E-state index in [4.69, 9.17) is 15.2 Å². The Balaban J connectivity index is 1.71. The molecule has 3 N–H and O–H groups in total. The fourth-order valence-corrected chi connectivity index (χ4v) is 4.49. The fraction of sp³-hybridized carbons (Fsp3) is 0.259. The SMILES string of the molecule is CC(C)(C)COc1ccc2c(c1C#N)[C@]1(C=C(N)NC1)c1cc(-c3cccnc3)ccc1O2. The molecule has 6 nitrogen and oxygen atoms in total. The molecule has 2 aliphatic rings. The zero-order valence-corrected chi connectivity index (χ0v) is 19.0. The van der Waals surface area contributed by atoms with Crippen LogP contribution < -0.4 is 20.5 Å². The van der Waals surface area contributed by atoms with E-state index in [1.54, 1.807) is 6.20 Å². The molecule has 3 aromatic rings. The number of nitrogens with zero attached hydrogens (tertiary/aromatic N) is 2. The van der Waals surface area contributed by atoms with Crippen LogP contribution in [0, 0.1) is 16.7 Å². The number of nitrogens with two attached hydrogens (primary N) is 1. The van der Waals surface area contributed by atoms with Crippen molar-refractivity contribution < 1.29 is 9.47 Å². The predicted molar refractivity (Wildman–Crippen MR) is 127 cm³/mol. The molecule has 0 saturated carbocycles. The van der Waals surface area contributed by atoms with E-state index in [0.717, 1.165) is 28.0 Å². The highest BCUT2D eigenvalue weighted by molar-refractivity contribution is 5.73. The van der Waals surface area contributed by atoms with Crippen LogP contribution in [0.4, 0.5) is 0 Å². The second-order valence-corrected chi connectivity index (χ2v) is 9.75. The zero-order valence-electron chi connectivity index (χ0n) is 19.0. The summed E-state index contributed by atoms with van der Waals surface area (Å²) < 4.78 is 12.4. The van der Waals surface area contributed by atoms with Crippen molar-refractivity contribution in [2.45, 2.75) is 26.2 Å². The maximum Gasteiger partial charge on any atom is 0.137 e. The van der Waals surface area contributed by atoms with Gasteiger partial charge in [0.1, 0.15) is 28.9 Å². The molecular formula is C27H26N4O2. The molecule has 6 heteroatoms. The molecule has 0 bridgehead atoms. The van der Waals surface area contributed by atoms with Crippen molar-refractivity contribution in [3.8, 4) is 34.4 Å². The predicted octanol–water partition coefficient (Wildman–Crippen LogP) is 4.84. The van der Waals surface area contributed by atoms with Gasteiger partial charge >= 0.3 is 0 Å². The molecule has 2 aliphatic heterocycles. The monoisotopic (exact) mass is 438 g/mol. The van der Waals surface area contributed by atoms with Gasteiger partial charge in [-0.3, -0.25) is 4.98 Å².